The van der Waals surface area contributed by atoms with Crippen molar-refractivity contribution in [2.45, 2.75) is 6.04 Å². The number of hydrogen-bond acceptors (Lipinski definition) is 3. The summed E-state index contributed by atoms with van der Waals surface area (Å²) >= 11 is 8.65. The Kier molecular flexibility index (Phi) is 4.16. The van der Waals surface area contributed by atoms with Crippen molar-refractivity contribution in [3.8, 4) is 0 Å². The maximum Gasteiger partial charge on any atom is 0.0729 e. The maximum absolute atomic E-state index is 5.63. The summed E-state index contributed by atoms with van der Waals surface area (Å²) in [6, 6.07) is 8.13. The van der Waals surface area contributed by atoms with Crippen LogP contribution in [0.3, 0.4) is 0 Å². The largest absolute Gasteiger partial charge is 0.271 e. The first-order valence-electron chi connectivity index (χ1n) is 4.65. The molecule has 84 valence electrons. The normalized spacial score (nSPS) is 12.7. The summed E-state index contributed by atoms with van der Waals surface area (Å²) in [6.45, 7) is 0. The van der Waals surface area contributed by atoms with Crippen molar-refractivity contribution in [1.29, 1.82) is 0 Å². The Morgan fingerprint density at radius 2 is 2.06 bits per heavy atom. The summed E-state index contributed by atoms with van der Waals surface area (Å²) in [5.41, 5.74) is 5.14. The van der Waals surface area contributed by atoms with Crippen LogP contribution in [0.1, 0.15) is 17.2 Å². The molecule has 2 aromatic rings. The molecule has 1 aromatic carbocycles. The number of hydrazine groups is 1. The second-order valence-electron chi connectivity index (χ2n) is 3.33. The van der Waals surface area contributed by atoms with Crippen molar-refractivity contribution in [3.05, 3.63) is 55.1 Å². The van der Waals surface area contributed by atoms with E-state index in [0.29, 0.717) is 0 Å². The highest BCUT2D eigenvalue weighted by molar-refractivity contribution is 9.10. The molecule has 1 unspecified atom stereocenters. The van der Waals surface area contributed by atoms with Crippen LogP contribution in [-0.4, -0.2) is 0 Å². The average molecular weight is 362 g/mol. The Balaban J connectivity index is 2.40. The Morgan fingerprint density at radius 1 is 1.25 bits per heavy atom. The quantitative estimate of drug-likeness (QED) is 0.644. The van der Waals surface area contributed by atoms with Crippen LogP contribution >= 0.6 is 43.2 Å². The number of halogens is 2. The molecule has 1 aromatic heterocycles. The van der Waals surface area contributed by atoms with E-state index in [1.54, 1.807) is 11.3 Å². The molecule has 0 bridgehead atoms. The van der Waals surface area contributed by atoms with Crippen molar-refractivity contribution < 1.29 is 0 Å². The lowest BCUT2D eigenvalue weighted by molar-refractivity contribution is 0.636. The van der Waals surface area contributed by atoms with Gasteiger partial charge < -0.3 is 0 Å². The molecular weight excluding hydrogens is 352 g/mol. The highest BCUT2D eigenvalue weighted by atomic mass is 79.9. The van der Waals surface area contributed by atoms with Gasteiger partial charge in [0.1, 0.15) is 0 Å². The van der Waals surface area contributed by atoms with E-state index in [4.69, 9.17) is 5.84 Å². The van der Waals surface area contributed by atoms with Gasteiger partial charge in [0.2, 0.25) is 0 Å². The predicted molar refractivity (Wildman–Crippen MR) is 75.3 cm³/mol. The third-order valence-corrected chi connectivity index (χ3v) is 4.55. The van der Waals surface area contributed by atoms with Crippen molar-refractivity contribution in [3.63, 3.8) is 0 Å². The third kappa shape index (κ3) is 2.55. The topological polar surface area (TPSA) is 38.0 Å². The fourth-order valence-corrected chi connectivity index (χ4v) is 3.52. The molecule has 0 amide bonds. The molecule has 2 rings (SSSR count). The number of benzene rings is 1. The van der Waals surface area contributed by atoms with Gasteiger partial charge in [0.25, 0.3) is 0 Å². The first-order chi connectivity index (χ1) is 7.72. The van der Waals surface area contributed by atoms with Gasteiger partial charge in [-0.15, -0.1) is 0 Å². The molecule has 2 nitrogen and oxygen atoms in total. The van der Waals surface area contributed by atoms with Crippen LogP contribution in [0.2, 0.25) is 0 Å². The molecule has 0 aliphatic rings. The summed E-state index contributed by atoms with van der Waals surface area (Å²) < 4.78 is 2.14. The predicted octanol–water partition coefficient (Wildman–Crippen LogP) is 3.83. The first kappa shape index (κ1) is 12.3. The van der Waals surface area contributed by atoms with E-state index < -0.39 is 0 Å². The van der Waals surface area contributed by atoms with Gasteiger partial charge in [0.05, 0.1) is 6.04 Å². The summed E-state index contributed by atoms with van der Waals surface area (Å²) in [5.74, 6) is 5.63. The van der Waals surface area contributed by atoms with Gasteiger partial charge >= 0.3 is 0 Å². The number of thiophene rings is 1. The van der Waals surface area contributed by atoms with Crippen molar-refractivity contribution >= 4 is 43.2 Å². The minimum Gasteiger partial charge on any atom is -0.271 e. The molecule has 0 aliphatic heterocycles. The highest BCUT2D eigenvalue weighted by Crippen LogP contribution is 2.31. The number of rotatable bonds is 3. The summed E-state index contributed by atoms with van der Waals surface area (Å²) in [6.07, 6.45) is 0. The number of nitrogens with two attached hydrogens (primary N) is 1. The molecule has 1 atom stereocenters. The SMILES string of the molecule is NNC(c1cccc(Br)c1)c1cscc1Br. The second-order valence-corrected chi connectivity index (χ2v) is 5.84. The molecule has 0 radical (unpaired) electrons. The van der Waals surface area contributed by atoms with Crippen LogP contribution in [0.15, 0.2) is 44.0 Å². The van der Waals surface area contributed by atoms with Crippen molar-refractivity contribution in [2.24, 2.45) is 5.84 Å². The Bertz CT molecular complexity index is 484. The van der Waals surface area contributed by atoms with E-state index in [-0.39, 0.29) is 6.04 Å². The molecule has 1 heterocycles. The zero-order chi connectivity index (χ0) is 11.5. The fourth-order valence-electron chi connectivity index (χ4n) is 1.55. The lowest BCUT2D eigenvalue weighted by atomic mass is 10.0. The smallest absolute Gasteiger partial charge is 0.0729 e. The summed E-state index contributed by atoms with van der Waals surface area (Å²) in [4.78, 5) is 0. The van der Waals surface area contributed by atoms with Gasteiger partial charge in [-0.2, -0.15) is 11.3 Å². The molecule has 0 fully saturated rings. The minimum absolute atomic E-state index is 0.0122. The minimum atomic E-state index is 0.0122. The van der Waals surface area contributed by atoms with Crippen LogP contribution in [0.25, 0.3) is 0 Å². The zero-order valence-corrected chi connectivity index (χ0v) is 12.3. The molecule has 0 saturated heterocycles. The lowest BCUT2D eigenvalue weighted by Gasteiger charge is -2.16. The van der Waals surface area contributed by atoms with E-state index in [1.165, 1.54) is 0 Å². The van der Waals surface area contributed by atoms with Gasteiger partial charge in [-0.05, 0) is 44.6 Å². The lowest BCUT2D eigenvalue weighted by Crippen LogP contribution is -2.28. The molecule has 0 spiro atoms. The van der Waals surface area contributed by atoms with E-state index >= 15 is 0 Å². The standard InChI is InChI=1S/C11H10Br2N2S/c12-8-3-1-2-7(4-8)11(15-14)9-5-16-6-10(9)13/h1-6,11,15H,14H2. The van der Waals surface area contributed by atoms with Gasteiger partial charge in [-0.1, -0.05) is 28.1 Å². The van der Waals surface area contributed by atoms with E-state index in [1.807, 2.05) is 12.1 Å². The van der Waals surface area contributed by atoms with E-state index in [9.17, 15) is 0 Å². The van der Waals surface area contributed by atoms with Gasteiger partial charge in [-0.25, -0.2) is 5.43 Å². The molecular formula is C11H10Br2N2S. The van der Waals surface area contributed by atoms with Crippen molar-refractivity contribution in [2.75, 3.05) is 0 Å². The number of nitrogens with one attached hydrogen (secondary N) is 1. The van der Waals surface area contributed by atoms with E-state index in [0.717, 1.165) is 20.1 Å². The summed E-state index contributed by atoms with van der Waals surface area (Å²) in [7, 11) is 0. The maximum atomic E-state index is 5.63. The molecule has 5 heteroatoms. The molecule has 0 aliphatic carbocycles. The first-order valence-corrected chi connectivity index (χ1v) is 7.18. The van der Waals surface area contributed by atoms with Gasteiger partial charge in [-0.3, -0.25) is 5.84 Å². The highest BCUT2D eigenvalue weighted by Gasteiger charge is 2.16. The average Bonchev–Trinajstić information content (AvgIpc) is 2.67. The summed E-state index contributed by atoms with van der Waals surface area (Å²) in [5, 5.41) is 4.15. The fraction of sp³-hybridized carbons (Fsp3) is 0.0909. The third-order valence-electron chi connectivity index (χ3n) is 2.30. The molecule has 16 heavy (non-hydrogen) atoms. The van der Waals surface area contributed by atoms with E-state index in [2.05, 4.69) is 60.2 Å². The Labute approximate surface area is 115 Å². The monoisotopic (exact) mass is 360 g/mol. The Hall–Kier alpha value is -0.200. The molecule has 0 saturated carbocycles. The van der Waals surface area contributed by atoms with Gasteiger partial charge in [0.15, 0.2) is 0 Å². The van der Waals surface area contributed by atoms with Crippen molar-refractivity contribution in [1.82, 2.24) is 5.43 Å². The second kappa shape index (κ2) is 5.42. The van der Waals surface area contributed by atoms with Crippen LogP contribution in [0.5, 0.6) is 0 Å². The van der Waals surface area contributed by atoms with Crippen LogP contribution in [-0.2, 0) is 0 Å². The Morgan fingerprint density at radius 3 is 2.62 bits per heavy atom. The number of hydrogen-bond donors (Lipinski definition) is 2. The van der Waals surface area contributed by atoms with Crippen LogP contribution < -0.4 is 11.3 Å². The van der Waals surface area contributed by atoms with Crippen LogP contribution in [0, 0.1) is 0 Å². The zero-order valence-electron chi connectivity index (χ0n) is 8.28. The van der Waals surface area contributed by atoms with Gasteiger partial charge in [0, 0.05) is 14.3 Å². The van der Waals surface area contributed by atoms with Crippen LogP contribution in [0.4, 0.5) is 0 Å². The molecule has 3 N–H and O–H groups in total.